The second kappa shape index (κ2) is 8.17. The van der Waals surface area contributed by atoms with Crippen LogP contribution in [0.4, 0.5) is 5.69 Å². The summed E-state index contributed by atoms with van der Waals surface area (Å²) in [5, 5.41) is -0.193. The number of carbonyl (C=O) groups is 1. The molecule has 2 aromatic rings. The summed E-state index contributed by atoms with van der Waals surface area (Å²) < 4.78 is 37.3. The van der Waals surface area contributed by atoms with E-state index in [1.165, 1.54) is 22.0 Å². The fourth-order valence-corrected chi connectivity index (χ4v) is 4.96. The molecule has 9 heteroatoms. The van der Waals surface area contributed by atoms with Crippen LogP contribution < -0.4 is 4.90 Å². The summed E-state index contributed by atoms with van der Waals surface area (Å²) in [5.41, 5.74) is 2.35. The van der Waals surface area contributed by atoms with E-state index in [-0.39, 0.29) is 29.8 Å². The van der Waals surface area contributed by atoms with Gasteiger partial charge in [0.2, 0.25) is 5.09 Å². The Morgan fingerprint density at radius 2 is 1.69 bits per heavy atom. The van der Waals surface area contributed by atoms with Crippen molar-refractivity contribution in [2.24, 2.45) is 0 Å². The highest BCUT2D eigenvalue weighted by molar-refractivity contribution is 7.89. The summed E-state index contributed by atoms with van der Waals surface area (Å²) in [6, 6.07) is 11.1. The largest absolute Gasteiger partial charge is 0.438 e. The third kappa shape index (κ3) is 4.17. The first-order chi connectivity index (χ1) is 13.9. The van der Waals surface area contributed by atoms with E-state index in [2.05, 4.69) is 30.0 Å². The molecule has 2 aliphatic heterocycles. The first-order valence-corrected chi connectivity index (χ1v) is 11.2. The predicted octanol–water partition coefficient (Wildman–Crippen LogP) is 1.57. The molecule has 0 unspecified atom stereocenters. The van der Waals surface area contributed by atoms with Crippen LogP contribution in [-0.2, 0) is 14.8 Å². The number of amides is 1. The van der Waals surface area contributed by atoms with Crippen LogP contribution in [0.3, 0.4) is 0 Å². The maximum atomic E-state index is 12.8. The summed E-state index contributed by atoms with van der Waals surface area (Å²) >= 11 is 0. The molecule has 1 amide bonds. The van der Waals surface area contributed by atoms with Crippen molar-refractivity contribution in [2.75, 3.05) is 57.4 Å². The molecule has 4 rings (SSSR count). The molecule has 2 fully saturated rings. The quantitative estimate of drug-likeness (QED) is 0.748. The van der Waals surface area contributed by atoms with Gasteiger partial charge in [-0.25, -0.2) is 8.42 Å². The zero-order valence-corrected chi connectivity index (χ0v) is 17.2. The Hall–Kier alpha value is -2.36. The number of carbonyl (C=O) groups excluding carboxylic acids is 1. The number of ether oxygens (including phenoxy) is 1. The lowest BCUT2D eigenvalue weighted by Gasteiger charge is -2.35. The van der Waals surface area contributed by atoms with E-state index in [0.29, 0.717) is 26.3 Å². The molecule has 8 nitrogen and oxygen atoms in total. The zero-order chi connectivity index (χ0) is 20.4. The van der Waals surface area contributed by atoms with Gasteiger partial charge in [0.1, 0.15) is 0 Å². The van der Waals surface area contributed by atoms with Gasteiger partial charge in [-0.3, -0.25) is 4.79 Å². The molecule has 0 radical (unpaired) electrons. The van der Waals surface area contributed by atoms with Crippen LogP contribution in [0.15, 0.2) is 45.9 Å². The third-order valence-corrected chi connectivity index (χ3v) is 7.06. The summed E-state index contributed by atoms with van der Waals surface area (Å²) in [6.45, 7) is 5.89. The normalized spacial score (nSPS) is 18.8. The average Bonchev–Trinajstić information content (AvgIpc) is 3.25. The summed E-state index contributed by atoms with van der Waals surface area (Å²) in [4.78, 5) is 16.7. The standard InChI is InChI=1S/C20H25N3O5S/c1-16-3-2-4-17(15-16)21-7-9-22(10-8-21)20(24)18-5-6-19(28-18)29(25,26)23-11-13-27-14-12-23/h2-6,15H,7-14H2,1H3. The monoisotopic (exact) mass is 419 g/mol. The molecule has 0 atom stereocenters. The fraction of sp³-hybridized carbons (Fsp3) is 0.450. The average molecular weight is 420 g/mol. The maximum Gasteiger partial charge on any atom is 0.289 e. The second-order valence-electron chi connectivity index (χ2n) is 7.25. The first kappa shape index (κ1) is 19.9. The molecule has 0 spiro atoms. The van der Waals surface area contributed by atoms with Crippen molar-refractivity contribution in [1.82, 2.24) is 9.21 Å². The van der Waals surface area contributed by atoms with Gasteiger partial charge in [-0.15, -0.1) is 0 Å². The number of hydrogen-bond acceptors (Lipinski definition) is 6. The Kier molecular flexibility index (Phi) is 5.62. The maximum absolute atomic E-state index is 12.8. The molecule has 2 saturated heterocycles. The Balaban J connectivity index is 1.41. The number of nitrogens with zero attached hydrogens (tertiary/aromatic N) is 3. The highest BCUT2D eigenvalue weighted by Gasteiger charge is 2.31. The van der Waals surface area contributed by atoms with E-state index >= 15 is 0 Å². The second-order valence-corrected chi connectivity index (χ2v) is 9.12. The molecule has 1 aromatic carbocycles. The lowest BCUT2D eigenvalue weighted by molar-refractivity contribution is 0.0696. The number of sulfonamides is 1. The Morgan fingerprint density at radius 1 is 0.966 bits per heavy atom. The lowest BCUT2D eigenvalue weighted by Crippen LogP contribution is -2.48. The van der Waals surface area contributed by atoms with Crippen molar-refractivity contribution in [3.05, 3.63) is 47.7 Å². The zero-order valence-electron chi connectivity index (χ0n) is 16.4. The molecular formula is C20H25N3O5S. The van der Waals surface area contributed by atoms with Crippen LogP contribution in [-0.4, -0.2) is 76.0 Å². The van der Waals surface area contributed by atoms with Crippen molar-refractivity contribution >= 4 is 21.6 Å². The van der Waals surface area contributed by atoms with E-state index in [9.17, 15) is 13.2 Å². The molecule has 3 heterocycles. The topological polar surface area (TPSA) is 83.3 Å². The summed E-state index contributed by atoms with van der Waals surface area (Å²) in [6.07, 6.45) is 0. The molecule has 0 saturated carbocycles. The van der Waals surface area contributed by atoms with Crippen LogP contribution in [0, 0.1) is 6.92 Å². The van der Waals surface area contributed by atoms with E-state index in [1.54, 1.807) is 4.90 Å². The van der Waals surface area contributed by atoms with Crippen LogP contribution in [0.25, 0.3) is 0 Å². The van der Waals surface area contributed by atoms with Crippen molar-refractivity contribution in [3.63, 3.8) is 0 Å². The molecule has 156 valence electrons. The number of benzene rings is 1. The highest BCUT2D eigenvalue weighted by Crippen LogP contribution is 2.22. The smallest absolute Gasteiger partial charge is 0.289 e. The minimum absolute atomic E-state index is 0.0563. The van der Waals surface area contributed by atoms with E-state index < -0.39 is 10.0 Å². The minimum Gasteiger partial charge on any atom is -0.438 e. The Bertz CT molecular complexity index is 974. The highest BCUT2D eigenvalue weighted by atomic mass is 32.2. The first-order valence-electron chi connectivity index (χ1n) is 9.74. The third-order valence-electron chi connectivity index (χ3n) is 5.29. The number of morpholine rings is 1. The number of aryl methyl sites for hydroxylation is 1. The van der Waals surface area contributed by atoms with Crippen LogP contribution >= 0.6 is 0 Å². The minimum atomic E-state index is -3.75. The number of rotatable bonds is 4. The van der Waals surface area contributed by atoms with Crippen LogP contribution in [0.5, 0.6) is 0 Å². The number of anilines is 1. The predicted molar refractivity (Wildman–Crippen MR) is 108 cm³/mol. The molecule has 2 aliphatic rings. The molecule has 0 N–H and O–H groups in total. The van der Waals surface area contributed by atoms with E-state index in [1.807, 2.05) is 6.07 Å². The van der Waals surface area contributed by atoms with E-state index in [4.69, 9.17) is 9.15 Å². The summed E-state index contributed by atoms with van der Waals surface area (Å²) in [5.74, 6) is -0.224. The molecule has 1 aromatic heterocycles. The fourth-order valence-electron chi connectivity index (χ4n) is 3.64. The Morgan fingerprint density at radius 3 is 2.38 bits per heavy atom. The Labute approximate surface area is 170 Å². The molecule has 29 heavy (non-hydrogen) atoms. The van der Waals surface area contributed by atoms with Crippen molar-refractivity contribution < 1.29 is 22.4 Å². The summed E-state index contributed by atoms with van der Waals surface area (Å²) in [7, 11) is -3.75. The van der Waals surface area contributed by atoms with Gasteiger partial charge < -0.3 is 19.0 Å². The SMILES string of the molecule is Cc1cccc(N2CCN(C(=O)c3ccc(S(=O)(=O)N4CCOCC4)o3)CC2)c1. The van der Waals surface area contributed by atoms with Gasteiger partial charge in [0.05, 0.1) is 13.2 Å². The van der Waals surface area contributed by atoms with Gasteiger partial charge in [-0.1, -0.05) is 12.1 Å². The number of piperazine rings is 1. The molecule has 0 bridgehead atoms. The van der Waals surface area contributed by atoms with Crippen molar-refractivity contribution in [1.29, 1.82) is 0 Å². The van der Waals surface area contributed by atoms with E-state index in [0.717, 1.165) is 18.8 Å². The van der Waals surface area contributed by atoms with Crippen LogP contribution in [0.1, 0.15) is 16.1 Å². The van der Waals surface area contributed by atoms with Gasteiger partial charge in [-0.2, -0.15) is 4.31 Å². The lowest BCUT2D eigenvalue weighted by atomic mass is 10.2. The molecule has 0 aliphatic carbocycles. The van der Waals surface area contributed by atoms with Gasteiger partial charge in [0.25, 0.3) is 15.9 Å². The van der Waals surface area contributed by atoms with Gasteiger partial charge in [0, 0.05) is 45.0 Å². The van der Waals surface area contributed by atoms with Crippen molar-refractivity contribution in [3.8, 4) is 0 Å². The van der Waals surface area contributed by atoms with Gasteiger partial charge >= 0.3 is 0 Å². The van der Waals surface area contributed by atoms with Crippen LogP contribution in [0.2, 0.25) is 0 Å². The van der Waals surface area contributed by atoms with Gasteiger partial charge in [-0.05, 0) is 36.8 Å². The number of furan rings is 1. The number of hydrogen-bond donors (Lipinski definition) is 0. The van der Waals surface area contributed by atoms with Gasteiger partial charge in [0.15, 0.2) is 5.76 Å². The van der Waals surface area contributed by atoms with Crippen molar-refractivity contribution in [2.45, 2.75) is 12.0 Å². The molecular weight excluding hydrogens is 394 g/mol.